The molecule has 0 radical (unpaired) electrons. The van der Waals surface area contributed by atoms with Crippen LogP contribution in [0.5, 0.6) is 5.75 Å². The quantitative estimate of drug-likeness (QED) is 0.771. The average molecular weight is 446 g/mol. The van der Waals surface area contributed by atoms with Gasteiger partial charge in [0.15, 0.2) is 0 Å². The van der Waals surface area contributed by atoms with Gasteiger partial charge in [-0.2, -0.15) is 0 Å². The molecule has 2 saturated heterocycles. The molecule has 3 heterocycles. The lowest BCUT2D eigenvalue weighted by Gasteiger charge is -2.37. The predicted molar refractivity (Wildman–Crippen MR) is 114 cm³/mol. The van der Waals surface area contributed by atoms with Gasteiger partial charge in [-0.25, -0.2) is 8.78 Å². The van der Waals surface area contributed by atoms with Gasteiger partial charge in [-0.1, -0.05) is 13.0 Å². The SMILES string of the molecule is C=C1CCC(N2Cc3cc(O[C@@H]4CCCC[C@H]4N4CCC(F)(F)C4)ccc3C2=O)C(=O)N1. The summed E-state index contributed by atoms with van der Waals surface area (Å²) in [5.41, 5.74) is 2.11. The molecule has 2 amide bonds. The maximum Gasteiger partial charge on any atom is 0.261 e. The molecule has 6 nitrogen and oxygen atoms in total. The molecule has 4 aliphatic rings. The minimum atomic E-state index is -2.61. The van der Waals surface area contributed by atoms with Crippen LogP contribution in [0.3, 0.4) is 0 Å². The van der Waals surface area contributed by atoms with Crippen LogP contribution in [-0.2, 0) is 11.3 Å². The van der Waals surface area contributed by atoms with E-state index in [-0.39, 0.29) is 36.9 Å². The van der Waals surface area contributed by atoms with Crippen molar-refractivity contribution in [1.29, 1.82) is 0 Å². The van der Waals surface area contributed by atoms with Crippen molar-refractivity contribution in [2.45, 2.75) is 75.6 Å². The van der Waals surface area contributed by atoms with Crippen LogP contribution in [0.2, 0.25) is 0 Å². The first-order valence-corrected chi connectivity index (χ1v) is 11.5. The van der Waals surface area contributed by atoms with E-state index in [1.54, 1.807) is 17.0 Å². The van der Waals surface area contributed by atoms with Gasteiger partial charge in [-0.15, -0.1) is 0 Å². The zero-order valence-electron chi connectivity index (χ0n) is 18.1. The first kappa shape index (κ1) is 21.4. The number of carbonyl (C=O) groups is 2. The maximum absolute atomic E-state index is 13.8. The second-order valence-electron chi connectivity index (χ2n) is 9.48. The van der Waals surface area contributed by atoms with Crippen molar-refractivity contribution in [3.05, 3.63) is 41.6 Å². The molecule has 3 atom stereocenters. The molecule has 5 rings (SSSR count). The van der Waals surface area contributed by atoms with Gasteiger partial charge < -0.3 is 15.0 Å². The average Bonchev–Trinajstić information content (AvgIpc) is 3.27. The Morgan fingerprint density at radius 3 is 2.72 bits per heavy atom. The summed E-state index contributed by atoms with van der Waals surface area (Å²) in [6.07, 6.45) is 4.73. The molecule has 3 aliphatic heterocycles. The van der Waals surface area contributed by atoms with Gasteiger partial charge in [0.1, 0.15) is 17.9 Å². The topological polar surface area (TPSA) is 61.9 Å². The van der Waals surface area contributed by atoms with E-state index in [0.717, 1.165) is 31.2 Å². The van der Waals surface area contributed by atoms with Crippen LogP contribution in [0.15, 0.2) is 30.5 Å². The molecule has 0 bridgehead atoms. The van der Waals surface area contributed by atoms with Gasteiger partial charge in [-0.3, -0.25) is 14.5 Å². The largest absolute Gasteiger partial charge is 0.489 e. The van der Waals surface area contributed by atoms with Crippen molar-refractivity contribution in [2.75, 3.05) is 13.1 Å². The third kappa shape index (κ3) is 4.00. The summed E-state index contributed by atoms with van der Waals surface area (Å²) in [4.78, 5) is 28.8. The van der Waals surface area contributed by atoms with Gasteiger partial charge >= 0.3 is 0 Å². The summed E-state index contributed by atoms with van der Waals surface area (Å²) in [5.74, 6) is -2.29. The van der Waals surface area contributed by atoms with E-state index >= 15 is 0 Å². The van der Waals surface area contributed by atoms with Crippen LogP contribution in [0.4, 0.5) is 8.78 Å². The number of alkyl halides is 2. The second kappa shape index (κ2) is 8.14. The third-order valence-corrected chi connectivity index (χ3v) is 7.23. The number of likely N-dealkylation sites (tertiary alicyclic amines) is 1. The maximum atomic E-state index is 13.8. The molecule has 1 N–H and O–H groups in total. The predicted octanol–water partition coefficient (Wildman–Crippen LogP) is 3.47. The highest BCUT2D eigenvalue weighted by molar-refractivity contribution is 6.01. The Morgan fingerprint density at radius 1 is 1.16 bits per heavy atom. The number of piperidine rings is 1. The Hall–Kier alpha value is -2.48. The fourth-order valence-corrected chi connectivity index (χ4v) is 5.56. The molecule has 1 aromatic rings. The summed E-state index contributed by atoms with van der Waals surface area (Å²) in [7, 11) is 0. The molecule has 0 spiro atoms. The van der Waals surface area contributed by atoms with Crippen LogP contribution < -0.4 is 10.1 Å². The fraction of sp³-hybridized carbons (Fsp3) is 0.583. The van der Waals surface area contributed by atoms with Crippen molar-refractivity contribution in [2.24, 2.45) is 0 Å². The minimum absolute atomic E-state index is 0.0115. The van der Waals surface area contributed by atoms with Crippen LogP contribution in [0.1, 0.15) is 60.9 Å². The smallest absolute Gasteiger partial charge is 0.261 e. The van der Waals surface area contributed by atoms with Crippen molar-refractivity contribution < 1.29 is 23.1 Å². The molecule has 3 fully saturated rings. The molecule has 1 aliphatic carbocycles. The zero-order valence-corrected chi connectivity index (χ0v) is 18.1. The molecule has 1 aromatic carbocycles. The van der Waals surface area contributed by atoms with E-state index in [4.69, 9.17) is 4.74 Å². The molecular weight excluding hydrogens is 416 g/mol. The number of amides is 2. The number of nitrogens with one attached hydrogen (secondary N) is 1. The number of benzene rings is 1. The van der Waals surface area contributed by atoms with Crippen LogP contribution in [0, 0.1) is 0 Å². The second-order valence-corrected chi connectivity index (χ2v) is 9.48. The molecule has 8 heteroatoms. The highest BCUT2D eigenvalue weighted by atomic mass is 19.3. The van der Waals surface area contributed by atoms with E-state index in [1.165, 1.54) is 0 Å². The third-order valence-electron chi connectivity index (χ3n) is 7.23. The monoisotopic (exact) mass is 445 g/mol. The van der Waals surface area contributed by atoms with E-state index in [0.29, 0.717) is 42.9 Å². The van der Waals surface area contributed by atoms with Crippen molar-refractivity contribution in [1.82, 2.24) is 15.1 Å². The van der Waals surface area contributed by atoms with Gasteiger partial charge in [0.25, 0.3) is 11.8 Å². The fourth-order valence-electron chi connectivity index (χ4n) is 5.56. The number of hydrogen-bond acceptors (Lipinski definition) is 4. The summed E-state index contributed by atoms with van der Waals surface area (Å²) >= 11 is 0. The Bertz CT molecular complexity index is 950. The van der Waals surface area contributed by atoms with Crippen LogP contribution in [-0.4, -0.2) is 58.8 Å². The number of rotatable bonds is 4. The van der Waals surface area contributed by atoms with Gasteiger partial charge in [-0.05, 0) is 55.9 Å². The lowest BCUT2D eigenvalue weighted by atomic mass is 9.91. The number of hydrogen-bond donors (Lipinski definition) is 1. The van der Waals surface area contributed by atoms with E-state index in [2.05, 4.69) is 11.9 Å². The first-order valence-electron chi connectivity index (χ1n) is 11.5. The van der Waals surface area contributed by atoms with Gasteiger partial charge in [0.2, 0.25) is 5.91 Å². The standard InChI is InChI=1S/C24H29F2N3O3/c1-15-6-9-20(22(30)27-15)29-13-16-12-17(7-8-18(16)23(29)31)32-21-5-3-2-4-19(21)28-11-10-24(25,26)14-28/h7-8,12,19-21H,1-6,9-11,13-14H2,(H,27,30)/t19-,20?,21-/m1/s1. The number of halogens is 2. The lowest BCUT2D eigenvalue weighted by molar-refractivity contribution is -0.126. The Morgan fingerprint density at radius 2 is 1.97 bits per heavy atom. The molecule has 172 valence electrons. The molecule has 1 unspecified atom stereocenters. The van der Waals surface area contributed by atoms with Crippen LogP contribution in [0.25, 0.3) is 0 Å². The van der Waals surface area contributed by atoms with Crippen molar-refractivity contribution >= 4 is 11.8 Å². The summed E-state index contributed by atoms with van der Waals surface area (Å²) in [6.45, 7) is 4.37. The normalized spacial score (nSPS) is 30.4. The lowest BCUT2D eigenvalue weighted by Crippen LogP contribution is -2.49. The van der Waals surface area contributed by atoms with E-state index in [1.807, 2.05) is 11.0 Å². The molecule has 1 saturated carbocycles. The zero-order chi connectivity index (χ0) is 22.5. The van der Waals surface area contributed by atoms with Gasteiger partial charge in [0, 0.05) is 36.8 Å². The Kier molecular flexibility index (Phi) is 5.43. The van der Waals surface area contributed by atoms with Crippen molar-refractivity contribution in [3.8, 4) is 5.75 Å². The Labute approximate surface area is 186 Å². The molecular formula is C24H29F2N3O3. The number of carbonyl (C=O) groups excluding carboxylic acids is 2. The minimum Gasteiger partial charge on any atom is -0.489 e. The van der Waals surface area contributed by atoms with Crippen LogP contribution >= 0.6 is 0 Å². The first-order chi connectivity index (χ1) is 15.3. The van der Waals surface area contributed by atoms with E-state index < -0.39 is 12.0 Å². The van der Waals surface area contributed by atoms with Gasteiger partial charge in [0.05, 0.1) is 6.54 Å². The molecule has 0 aromatic heterocycles. The molecule has 32 heavy (non-hydrogen) atoms. The number of ether oxygens (including phenoxy) is 1. The highest BCUT2D eigenvalue weighted by Gasteiger charge is 2.44. The number of nitrogens with zero attached hydrogens (tertiary/aromatic N) is 2. The highest BCUT2D eigenvalue weighted by Crippen LogP contribution is 2.36. The summed E-state index contributed by atoms with van der Waals surface area (Å²) in [5, 5.41) is 2.75. The van der Waals surface area contributed by atoms with E-state index in [9.17, 15) is 18.4 Å². The number of fused-ring (bicyclic) bond motifs is 1. The summed E-state index contributed by atoms with van der Waals surface area (Å²) < 4.78 is 33.9. The number of allylic oxidation sites excluding steroid dienone is 1. The summed E-state index contributed by atoms with van der Waals surface area (Å²) in [6, 6.07) is 4.91. The Balaban J connectivity index is 1.29. The van der Waals surface area contributed by atoms with Crippen molar-refractivity contribution in [3.63, 3.8) is 0 Å².